The first-order valence-corrected chi connectivity index (χ1v) is 7.55. The van der Waals surface area contributed by atoms with Gasteiger partial charge in [0.1, 0.15) is 0 Å². The molecule has 118 valence electrons. The van der Waals surface area contributed by atoms with Crippen molar-refractivity contribution < 1.29 is 9.53 Å². The Morgan fingerprint density at radius 3 is 2.90 bits per heavy atom. The van der Waals surface area contributed by atoms with Crippen LogP contribution in [0.3, 0.4) is 0 Å². The first-order chi connectivity index (χ1) is 10.2. The molecule has 0 radical (unpaired) electrons. The molecule has 0 spiro atoms. The molecule has 5 heteroatoms. The summed E-state index contributed by atoms with van der Waals surface area (Å²) >= 11 is 0. The highest BCUT2D eigenvalue weighted by Crippen LogP contribution is 2.14. The molecule has 0 bridgehead atoms. The van der Waals surface area contributed by atoms with Crippen LogP contribution in [0.15, 0.2) is 24.3 Å². The van der Waals surface area contributed by atoms with Gasteiger partial charge in [-0.3, -0.25) is 4.79 Å². The number of ether oxygens (including phenoxy) is 1. The minimum absolute atomic E-state index is 0.0363. The summed E-state index contributed by atoms with van der Waals surface area (Å²) < 4.78 is 5.22. The number of hydrogen-bond donors (Lipinski definition) is 3. The van der Waals surface area contributed by atoms with Crippen LogP contribution in [-0.2, 0) is 4.74 Å². The van der Waals surface area contributed by atoms with E-state index in [-0.39, 0.29) is 11.9 Å². The van der Waals surface area contributed by atoms with Gasteiger partial charge in [-0.25, -0.2) is 0 Å². The SMILES string of the molecule is CCCNC(=O)c1cccc(NC(CCCN)COC)c1. The lowest BCUT2D eigenvalue weighted by Crippen LogP contribution is -2.27. The number of amides is 1. The second kappa shape index (κ2) is 10.2. The van der Waals surface area contributed by atoms with Crippen molar-refractivity contribution in [1.82, 2.24) is 5.32 Å². The molecule has 1 amide bonds. The number of carbonyl (C=O) groups is 1. The Morgan fingerprint density at radius 1 is 1.43 bits per heavy atom. The van der Waals surface area contributed by atoms with E-state index in [2.05, 4.69) is 10.6 Å². The summed E-state index contributed by atoms with van der Waals surface area (Å²) in [5.41, 5.74) is 7.15. The number of nitrogens with one attached hydrogen (secondary N) is 2. The number of benzene rings is 1. The predicted molar refractivity (Wildman–Crippen MR) is 86.6 cm³/mol. The monoisotopic (exact) mass is 293 g/mol. The predicted octanol–water partition coefficient (Wildman–Crippen LogP) is 1.99. The fourth-order valence-electron chi connectivity index (χ4n) is 2.09. The molecule has 4 N–H and O–H groups in total. The third-order valence-corrected chi connectivity index (χ3v) is 3.16. The van der Waals surface area contributed by atoms with Crippen LogP contribution < -0.4 is 16.4 Å². The van der Waals surface area contributed by atoms with Gasteiger partial charge in [-0.1, -0.05) is 13.0 Å². The molecule has 1 rings (SSSR count). The minimum atomic E-state index is -0.0363. The van der Waals surface area contributed by atoms with E-state index in [1.807, 2.05) is 31.2 Å². The fraction of sp³-hybridized carbons (Fsp3) is 0.562. The van der Waals surface area contributed by atoms with Gasteiger partial charge in [-0.2, -0.15) is 0 Å². The number of rotatable bonds is 10. The third kappa shape index (κ3) is 6.60. The molecule has 1 unspecified atom stereocenters. The largest absolute Gasteiger partial charge is 0.383 e. The Kier molecular flexibility index (Phi) is 8.47. The molecule has 1 atom stereocenters. The Labute approximate surface area is 127 Å². The van der Waals surface area contributed by atoms with E-state index in [0.717, 1.165) is 24.9 Å². The Morgan fingerprint density at radius 2 is 2.24 bits per heavy atom. The Bertz CT molecular complexity index is 424. The second-order valence-corrected chi connectivity index (χ2v) is 5.06. The average Bonchev–Trinajstić information content (AvgIpc) is 2.50. The van der Waals surface area contributed by atoms with E-state index in [0.29, 0.717) is 25.3 Å². The van der Waals surface area contributed by atoms with Crippen molar-refractivity contribution in [3.05, 3.63) is 29.8 Å². The Hall–Kier alpha value is -1.59. The first kappa shape index (κ1) is 17.5. The van der Waals surface area contributed by atoms with Crippen LogP contribution >= 0.6 is 0 Å². The van der Waals surface area contributed by atoms with Crippen LogP contribution in [0, 0.1) is 0 Å². The molecule has 1 aromatic rings. The molecule has 5 nitrogen and oxygen atoms in total. The van der Waals surface area contributed by atoms with Crippen molar-refractivity contribution in [2.45, 2.75) is 32.2 Å². The smallest absolute Gasteiger partial charge is 0.251 e. The van der Waals surface area contributed by atoms with Crippen molar-refractivity contribution in [3.8, 4) is 0 Å². The van der Waals surface area contributed by atoms with Gasteiger partial charge < -0.3 is 21.1 Å². The molecule has 0 aliphatic carbocycles. The molecular weight excluding hydrogens is 266 g/mol. The molecule has 0 aliphatic rings. The lowest BCUT2D eigenvalue weighted by Gasteiger charge is -2.19. The fourth-order valence-corrected chi connectivity index (χ4v) is 2.09. The number of hydrogen-bond acceptors (Lipinski definition) is 4. The molecule has 0 fully saturated rings. The maximum atomic E-state index is 12.0. The first-order valence-electron chi connectivity index (χ1n) is 7.55. The lowest BCUT2D eigenvalue weighted by atomic mass is 10.1. The number of methoxy groups -OCH3 is 1. The minimum Gasteiger partial charge on any atom is -0.383 e. The third-order valence-electron chi connectivity index (χ3n) is 3.16. The van der Waals surface area contributed by atoms with Crippen LogP contribution in [0.4, 0.5) is 5.69 Å². The van der Waals surface area contributed by atoms with E-state index in [1.165, 1.54) is 0 Å². The van der Waals surface area contributed by atoms with E-state index in [9.17, 15) is 4.79 Å². The molecule has 0 aliphatic heterocycles. The highest BCUT2D eigenvalue weighted by molar-refractivity contribution is 5.95. The van der Waals surface area contributed by atoms with Gasteiger partial charge >= 0.3 is 0 Å². The average molecular weight is 293 g/mol. The molecule has 1 aromatic carbocycles. The van der Waals surface area contributed by atoms with Crippen LogP contribution in [0.2, 0.25) is 0 Å². The standard InChI is InChI=1S/C16H27N3O2/c1-3-10-18-16(20)13-6-4-7-14(11-13)19-15(12-21-2)8-5-9-17/h4,6-7,11,15,19H,3,5,8-10,12,17H2,1-2H3,(H,18,20). The van der Waals surface area contributed by atoms with Crippen molar-refractivity contribution in [1.29, 1.82) is 0 Å². The number of carbonyl (C=O) groups excluding carboxylic acids is 1. The molecule has 0 saturated heterocycles. The summed E-state index contributed by atoms with van der Waals surface area (Å²) in [7, 11) is 1.69. The highest BCUT2D eigenvalue weighted by atomic mass is 16.5. The summed E-state index contributed by atoms with van der Waals surface area (Å²) in [6, 6.07) is 7.74. The van der Waals surface area contributed by atoms with Crippen LogP contribution in [-0.4, -0.2) is 38.8 Å². The van der Waals surface area contributed by atoms with Gasteiger partial charge in [-0.05, 0) is 44.0 Å². The van der Waals surface area contributed by atoms with Gasteiger partial charge in [0.25, 0.3) is 5.91 Å². The molecule has 0 aromatic heterocycles. The van der Waals surface area contributed by atoms with Crippen molar-refractivity contribution in [2.24, 2.45) is 5.73 Å². The van der Waals surface area contributed by atoms with Gasteiger partial charge in [-0.15, -0.1) is 0 Å². The van der Waals surface area contributed by atoms with Crippen molar-refractivity contribution in [3.63, 3.8) is 0 Å². The van der Waals surface area contributed by atoms with Crippen molar-refractivity contribution >= 4 is 11.6 Å². The summed E-state index contributed by atoms with van der Waals surface area (Å²) in [6.07, 6.45) is 2.81. The van der Waals surface area contributed by atoms with Gasteiger partial charge in [0, 0.05) is 30.9 Å². The van der Waals surface area contributed by atoms with E-state index < -0.39 is 0 Å². The summed E-state index contributed by atoms with van der Waals surface area (Å²) in [5.74, 6) is -0.0363. The zero-order chi connectivity index (χ0) is 15.5. The molecular formula is C16H27N3O2. The lowest BCUT2D eigenvalue weighted by molar-refractivity contribution is 0.0953. The quantitative estimate of drug-likeness (QED) is 0.616. The van der Waals surface area contributed by atoms with E-state index in [4.69, 9.17) is 10.5 Å². The molecule has 21 heavy (non-hydrogen) atoms. The topological polar surface area (TPSA) is 76.4 Å². The summed E-state index contributed by atoms with van der Waals surface area (Å²) in [5, 5.41) is 6.29. The van der Waals surface area contributed by atoms with Gasteiger partial charge in [0.15, 0.2) is 0 Å². The zero-order valence-electron chi connectivity index (χ0n) is 13.0. The summed E-state index contributed by atoms with van der Waals surface area (Å²) in [6.45, 7) is 4.01. The van der Waals surface area contributed by atoms with Gasteiger partial charge in [0.05, 0.1) is 6.61 Å². The van der Waals surface area contributed by atoms with E-state index in [1.54, 1.807) is 7.11 Å². The van der Waals surface area contributed by atoms with Gasteiger partial charge in [0.2, 0.25) is 0 Å². The highest BCUT2D eigenvalue weighted by Gasteiger charge is 2.10. The maximum absolute atomic E-state index is 12.0. The van der Waals surface area contributed by atoms with Crippen LogP contribution in [0.25, 0.3) is 0 Å². The maximum Gasteiger partial charge on any atom is 0.251 e. The Balaban J connectivity index is 2.66. The molecule has 0 heterocycles. The van der Waals surface area contributed by atoms with Crippen LogP contribution in [0.1, 0.15) is 36.5 Å². The zero-order valence-corrected chi connectivity index (χ0v) is 13.0. The molecule has 0 saturated carbocycles. The van der Waals surface area contributed by atoms with Crippen molar-refractivity contribution in [2.75, 3.05) is 32.1 Å². The van der Waals surface area contributed by atoms with Crippen LogP contribution in [0.5, 0.6) is 0 Å². The number of anilines is 1. The summed E-state index contributed by atoms with van der Waals surface area (Å²) in [4.78, 5) is 12.0. The normalized spacial score (nSPS) is 12.0. The second-order valence-electron chi connectivity index (χ2n) is 5.06. The van der Waals surface area contributed by atoms with E-state index >= 15 is 0 Å². The number of nitrogens with two attached hydrogens (primary N) is 1.